The summed E-state index contributed by atoms with van der Waals surface area (Å²) in [6, 6.07) is 5.31. The smallest absolute Gasteiger partial charge is 0.118 e. The van der Waals surface area contributed by atoms with Crippen LogP contribution in [0, 0.1) is 0 Å². The summed E-state index contributed by atoms with van der Waals surface area (Å²) in [5, 5.41) is 3.37. The fourth-order valence-electron chi connectivity index (χ4n) is 2.19. The molecular weight excluding hydrogens is 224 g/mol. The molecule has 1 heterocycles. The first-order valence-corrected chi connectivity index (χ1v) is 7.08. The first-order valence-electron chi connectivity index (χ1n) is 7.08. The Bertz CT molecular complexity index is 329. The van der Waals surface area contributed by atoms with Gasteiger partial charge in [0.1, 0.15) is 11.5 Å². The van der Waals surface area contributed by atoms with Crippen molar-refractivity contribution in [1.82, 2.24) is 10.2 Å². The van der Waals surface area contributed by atoms with Crippen LogP contribution in [0.15, 0.2) is 16.5 Å². The van der Waals surface area contributed by atoms with Crippen molar-refractivity contribution in [2.24, 2.45) is 0 Å². The first kappa shape index (κ1) is 15.3. The summed E-state index contributed by atoms with van der Waals surface area (Å²) in [5.74, 6) is 2.08. The van der Waals surface area contributed by atoms with Gasteiger partial charge in [-0.3, -0.25) is 4.90 Å². The molecule has 0 aromatic carbocycles. The number of rotatable bonds is 8. The van der Waals surface area contributed by atoms with Crippen molar-refractivity contribution in [2.45, 2.75) is 65.7 Å². The van der Waals surface area contributed by atoms with Crippen LogP contribution >= 0.6 is 0 Å². The molecule has 3 nitrogen and oxygen atoms in total. The fraction of sp³-hybridized carbons (Fsp3) is 0.733. The van der Waals surface area contributed by atoms with Crippen LogP contribution in [0.4, 0.5) is 0 Å². The molecule has 0 unspecified atom stereocenters. The van der Waals surface area contributed by atoms with Gasteiger partial charge in [0, 0.05) is 12.1 Å². The number of furan rings is 1. The highest BCUT2D eigenvalue weighted by Crippen LogP contribution is 2.14. The molecule has 0 fully saturated rings. The van der Waals surface area contributed by atoms with Crippen LogP contribution < -0.4 is 5.32 Å². The molecule has 0 bridgehead atoms. The maximum atomic E-state index is 5.84. The summed E-state index contributed by atoms with van der Waals surface area (Å²) in [5.41, 5.74) is 0. The minimum absolute atomic E-state index is 0.491. The third-order valence-corrected chi connectivity index (χ3v) is 3.37. The topological polar surface area (TPSA) is 28.4 Å². The largest absolute Gasteiger partial charge is 0.463 e. The van der Waals surface area contributed by atoms with Gasteiger partial charge in [-0.05, 0) is 32.0 Å². The van der Waals surface area contributed by atoms with E-state index in [4.69, 9.17) is 4.42 Å². The maximum absolute atomic E-state index is 5.84. The third-order valence-electron chi connectivity index (χ3n) is 3.37. The van der Waals surface area contributed by atoms with Crippen molar-refractivity contribution in [3.05, 3.63) is 23.7 Å². The minimum Gasteiger partial charge on any atom is -0.463 e. The van der Waals surface area contributed by atoms with Crippen molar-refractivity contribution in [3.8, 4) is 0 Å². The zero-order chi connectivity index (χ0) is 13.5. The van der Waals surface area contributed by atoms with Gasteiger partial charge in [0.2, 0.25) is 0 Å². The van der Waals surface area contributed by atoms with Crippen LogP contribution in [0.1, 0.15) is 52.1 Å². The van der Waals surface area contributed by atoms with Crippen molar-refractivity contribution in [3.63, 3.8) is 0 Å². The third kappa shape index (κ3) is 4.83. The highest BCUT2D eigenvalue weighted by molar-refractivity contribution is 5.07. The average molecular weight is 252 g/mol. The monoisotopic (exact) mass is 252 g/mol. The lowest BCUT2D eigenvalue weighted by molar-refractivity contribution is 0.204. The second-order valence-electron chi connectivity index (χ2n) is 5.29. The summed E-state index contributed by atoms with van der Waals surface area (Å²) in [4.78, 5) is 2.37. The van der Waals surface area contributed by atoms with Crippen molar-refractivity contribution in [2.75, 3.05) is 7.05 Å². The molecule has 104 valence electrons. The molecule has 0 aliphatic carbocycles. The summed E-state index contributed by atoms with van der Waals surface area (Å²) >= 11 is 0. The molecular formula is C15H28N2O. The number of nitrogens with one attached hydrogen (secondary N) is 1. The molecule has 0 radical (unpaired) electrons. The summed E-state index contributed by atoms with van der Waals surface area (Å²) < 4.78 is 5.84. The van der Waals surface area contributed by atoms with Gasteiger partial charge in [-0.15, -0.1) is 0 Å². The molecule has 1 aromatic rings. The van der Waals surface area contributed by atoms with Crippen LogP contribution in [0.25, 0.3) is 0 Å². The minimum atomic E-state index is 0.491. The van der Waals surface area contributed by atoms with Gasteiger partial charge in [0.05, 0.1) is 13.1 Å². The Hall–Kier alpha value is -0.800. The molecule has 0 atom stereocenters. The van der Waals surface area contributed by atoms with Crippen LogP contribution in [0.2, 0.25) is 0 Å². The standard InChI is InChI=1S/C15H28N2O/c1-6-13(7-2)17(5)11-15-9-8-14(18-15)10-16-12(3)4/h8-9,12-13,16H,6-7,10-11H2,1-5H3. The number of nitrogens with zero attached hydrogens (tertiary/aromatic N) is 1. The zero-order valence-corrected chi connectivity index (χ0v) is 12.5. The molecule has 1 aromatic heterocycles. The quantitative estimate of drug-likeness (QED) is 0.768. The SMILES string of the molecule is CCC(CC)N(C)Cc1ccc(CNC(C)C)o1. The highest BCUT2D eigenvalue weighted by Gasteiger charge is 2.12. The Morgan fingerprint density at radius 3 is 2.33 bits per heavy atom. The van der Waals surface area contributed by atoms with Gasteiger partial charge in [-0.25, -0.2) is 0 Å². The molecule has 3 heteroatoms. The maximum Gasteiger partial charge on any atom is 0.118 e. The van der Waals surface area contributed by atoms with E-state index in [-0.39, 0.29) is 0 Å². The molecule has 0 saturated carbocycles. The Labute approximate surface area is 112 Å². The van der Waals surface area contributed by atoms with Gasteiger partial charge < -0.3 is 9.73 Å². The van der Waals surface area contributed by atoms with Gasteiger partial charge in [0.15, 0.2) is 0 Å². The van der Waals surface area contributed by atoms with Crippen molar-refractivity contribution >= 4 is 0 Å². The second-order valence-corrected chi connectivity index (χ2v) is 5.29. The molecule has 18 heavy (non-hydrogen) atoms. The summed E-state index contributed by atoms with van der Waals surface area (Å²) in [7, 11) is 2.17. The van der Waals surface area contributed by atoms with E-state index in [9.17, 15) is 0 Å². The van der Waals surface area contributed by atoms with E-state index in [1.54, 1.807) is 0 Å². The van der Waals surface area contributed by atoms with Crippen LogP contribution in [-0.4, -0.2) is 24.0 Å². The van der Waals surface area contributed by atoms with E-state index in [1.807, 2.05) is 0 Å². The lowest BCUT2D eigenvalue weighted by atomic mass is 10.1. The Morgan fingerprint density at radius 1 is 1.17 bits per heavy atom. The van der Waals surface area contributed by atoms with E-state index in [0.717, 1.165) is 24.6 Å². The molecule has 0 aliphatic heterocycles. The lowest BCUT2D eigenvalue weighted by Gasteiger charge is -2.24. The van der Waals surface area contributed by atoms with E-state index >= 15 is 0 Å². The van der Waals surface area contributed by atoms with E-state index < -0.39 is 0 Å². The summed E-state index contributed by atoms with van der Waals surface area (Å²) in [6.45, 7) is 10.5. The highest BCUT2D eigenvalue weighted by atomic mass is 16.3. The van der Waals surface area contributed by atoms with E-state index in [0.29, 0.717) is 12.1 Å². The van der Waals surface area contributed by atoms with E-state index in [2.05, 4.69) is 57.1 Å². The molecule has 1 rings (SSSR count). The number of hydrogen-bond acceptors (Lipinski definition) is 3. The summed E-state index contributed by atoms with van der Waals surface area (Å²) in [6.07, 6.45) is 2.38. The van der Waals surface area contributed by atoms with E-state index in [1.165, 1.54) is 12.8 Å². The molecule has 0 aliphatic rings. The van der Waals surface area contributed by atoms with Crippen molar-refractivity contribution < 1.29 is 4.42 Å². The molecule has 1 N–H and O–H groups in total. The van der Waals surface area contributed by atoms with Crippen LogP contribution in [0.5, 0.6) is 0 Å². The van der Waals surface area contributed by atoms with Crippen LogP contribution in [-0.2, 0) is 13.1 Å². The second kappa shape index (κ2) is 7.59. The first-order chi connectivity index (χ1) is 8.56. The van der Waals surface area contributed by atoms with Gasteiger partial charge >= 0.3 is 0 Å². The normalized spacial score (nSPS) is 12.0. The fourth-order valence-corrected chi connectivity index (χ4v) is 2.19. The average Bonchev–Trinajstić information content (AvgIpc) is 2.75. The van der Waals surface area contributed by atoms with Gasteiger partial charge in [-0.1, -0.05) is 27.7 Å². The molecule has 0 amide bonds. The van der Waals surface area contributed by atoms with Gasteiger partial charge in [-0.2, -0.15) is 0 Å². The zero-order valence-electron chi connectivity index (χ0n) is 12.5. The predicted octanol–water partition coefficient (Wildman–Crippen LogP) is 3.40. The molecule has 0 saturated heterocycles. The Morgan fingerprint density at radius 2 is 1.78 bits per heavy atom. The van der Waals surface area contributed by atoms with Crippen molar-refractivity contribution in [1.29, 1.82) is 0 Å². The lowest BCUT2D eigenvalue weighted by Crippen LogP contribution is -2.29. The van der Waals surface area contributed by atoms with Gasteiger partial charge in [0.25, 0.3) is 0 Å². The van der Waals surface area contributed by atoms with Crippen LogP contribution in [0.3, 0.4) is 0 Å². The number of hydrogen-bond donors (Lipinski definition) is 1. The molecule has 0 spiro atoms. The Balaban J connectivity index is 2.47. The predicted molar refractivity (Wildman–Crippen MR) is 76.5 cm³/mol. The Kier molecular flexibility index (Phi) is 6.44.